The number of hydrogen-bond donors (Lipinski definition) is 3. The number of carbonyl (C=O) groups is 4. The fraction of sp³-hybridized carbons (Fsp3) is 0.188. The van der Waals surface area contributed by atoms with Gasteiger partial charge in [0.1, 0.15) is 17.6 Å². The molecule has 2 amide bonds. The highest BCUT2D eigenvalue weighted by Gasteiger charge is 2.31. The van der Waals surface area contributed by atoms with E-state index in [1.807, 2.05) is 55.5 Å². The second-order valence-electron chi connectivity index (χ2n) is 9.93. The number of aryl methyl sites for hydroxylation is 1. The summed E-state index contributed by atoms with van der Waals surface area (Å²) in [6.45, 7) is 3.63. The van der Waals surface area contributed by atoms with Crippen molar-refractivity contribution in [2.24, 2.45) is 0 Å². The van der Waals surface area contributed by atoms with Crippen molar-refractivity contribution in [3.8, 4) is 11.1 Å². The van der Waals surface area contributed by atoms with Gasteiger partial charge in [-0.3, -0.25) is 14.4 Å². The van der Waals surface area contributed by atoms with Gasteiger partial charge in [0.15, 0.2) is 5.78 Å². The highest BCUT2D eigenvalue weighted by molar-refractivity contribution is 9.10. The van der Waals surface area contributed by atoms with E-state index in [-0.39, 0.29) is 23.3 Å². The molecule has 0 fully saturated rings. The topological polar surface area (TPSA) is 122 Å². The standard InChI is InChI=1S/C32H27BrN2O6S/c1-17-18(2)42-31(28(17)29(38)19-11-13-20(33)14-12-19)35-30(39)26(15-27(36)37)34-32(40)41-16-25-23-9-5-3-7-21(23)22-8-4-6-10-24(22)25/h3-14,25-26H,15-16H2,1-2H3,(H,34,40)(H,35,39)(H,36,37). The highest BCUT2D eigenvalue weighted by atomic mass is 79.9. The predicted molar refractivity (Wildman–Crippen MR) is 164 cm³/mol. The molecular weight excluding hydrogens is 620 g/mol. The lowest BCUT2D eigenvalue weighted by Crippen LogP contribution is -2.45. The lowest BCUT2D eigenvalue weighted by Gasteiger charge is -2.19. The van der Waals surface area contributed by atoms with E-state index in [0.29, 0.717) is 16.7 Å². The molecule has 1 aliphatic rings. The van der Waals surface area contributed by atoms with Crippen LogP contribution in [0.3, 0.4) is 0 Å². The van der Waals surface area contributed by atoms with Crippen LogP contribution in [0.15, 0.2) is 77.3 Å². The Morgan fingerprint density at radius 2 is 1.52 bits per heavy atom. The van der Waals surface area contributed by atoms with Crippen LogP contribution >= 0.6 is 27.3 Å². The van der Waals surface area contributed by atoms with Crippen molar-refractivity contribution >= 4 is 56.0 Å². The maximum atomic E-state index is 13.4. The van der Waals surface area contributed by atoms with E-state index in [2.05, 4.69) is 26.6 Å². The van der Waals surface area contributed by atoms with Crippen molar-refractivity contribution in [1.29, 1.82) is 0 Å². The summed E-state index contributed by atoms with van der Waals surface area (Å²) in [4.78, 5) is 51.9. The number of alkyl carbamates (subject to hydrolysis) is 1. The van der Waals surface area contributed by atoms with Crippen LogP contribution in [0.25, 0.3) is 11.1 Å². The fourth-order valence-corrected chi connectivity index (χ4v) is 6.42. The highest BCUT2D eigenvalue weighted by Crippen LogP contribution is 2.44. The number of carbonyl (C=O) groups excluding carboxylic acids is 3. The molecule has 5 rings (SSSR count). The quantitative estimate of drug-likeness (QED) is 0.174. The van der Waals surface area contributed by atoms with Crippen LogP contribution in [-0.2, 0) is 14.3 Å². The number of anilines is 1. The summed E-state index contributed by atoms with van der Waals surface area (Å²) in [6, 6.07) is 21.2. The van der Waals surface area contributed by atoms with Gasteiger partial charge in [-0.25, -0.2) is 4.79 Å². The van der Waals surface area contributed by atoms with Crippen molar-refractivity contribution in [2.45, 2.75) is 32.2 Å². The lowest BCUT2D eigenvalue weighted by molar-refractivity contribution is -0.139. The number of ketones is 1. The third kappa shape index (κ3) is 6.00. The van der Waals surface area contributed by atoms with Crippen LogP contribution in [0.4, 0.5) is 9.80 Å². The van der Waals surface area contributed by atoms with Gasteiger partial charge in [0, 0.05) is 20.8 Å². The first kappa shape index (κ1) is 29.2. The first-order valence-electron chi connectivity index (χ1n) is 13.2. The second-order valence-corrected chi connectivity index (χ2v) is 12.1. The van der Waals surface area contributed by atoms with Gasteiger partial charge in [-0.15, -0.1) is 11.3 Å². The minimum Gasteiger partial charge on any atom is -0.481 e. The zero-order chi connectivity index (χ0) is 30.0. The summed E-state index contributed by atoms with van der Waals surface area (Å²) in [5.74, 6) is -2.52. The summed E-state index contributed by atoms with van der Waals surface area (Å²) in [5.41, 5.74) is 5.66. The van der Waals surface area contributed by atoms with Crippen molar-refractivity contribution in [1.82, 2.24) is 5.32 Å². The Hall–Kier alpha value is -4.28. The molecule has 8 nitrogen and oxygen atoms in total. The number of halogens is 1. The van der Waals surface area contributed by atoms with Crippen molar-refractivity contribution < 1.29 is 29.0 Å². The first-order chi connectivity index (χ1) is 20.1. The number of rotatable bonds is 9. The van der Waals surface area contributed by atoms with E-state index < -0.39 is 30.4 Å². The summed E-state index contributed by atoms with van der Waals surface area (Å²) < 4.78 is 6.35. The number of aliphatic carboxylic acids is 1. The third-order valence-electron chi connectivity index (χ3n) is 7.29. The molecule has 1 heterocycles. The van der Waals surface area contributed by atoms with Crippen LogP contribution in [0.2, 0.25) is 0 Å². The van der Waals surface area contributed by atoms with Gasteiger partial charge in [0.25, 0.3) is 0 Å². The second kappa shape index (κ2) is 12.3. The summed E-state index contributed by atoms with van der Waals surface area (Å²) >= 11 is 4.57. The van der Waals surface area contributed by atoms with Gasteiger partial charge in [0.05, 0.1) is 12.0 Å². The average Bonchev–Trinajstić information content (AvgIpc) is 3.44. The van der Waals surface area contributed by atoms with Crippen LogP contribution in [0.5, 0.6) is 0 Å². The van der Waals surface area contributed by atoms with Gasteiger partial charge in [-0.1, -0.05) is 64.5 Å². The molecule has 214 valence electrons. The van der Waals surface area contributed by atoms with E-state index in [1.165, 1.54) is 11.3 Å². The van der Waals surface area contributed by atoms with E-state index in [1.54, 1.807) is 31.2 Å². The Kier molecular flexibility index (Phi) is 8.56. The minimum atomic E-state index is -1.43. The molecule has 10 heteroatoms. The monoisotopic (exact) mass is 646 g/mol. The molecule has 3 N–H and O–H groups in total. The maximum absolute atomic E-state index is 13.4. The summed E-state index contributed by atoms with van der Waals surface area (Å²) in [5, 5.41) is 14.8. The number of ether oxygens (including phenoxy) is 1. The van der Waals surface area contributed by atoms with E-state index >= 15 is 0 Å². The van der Waals surface area contributed by atoms with Crippen molar-refractivity contribution in [3.05, 3.63) is 110 Å². The van der Waals surface area contributed by atoms with Crippen molar-refractivity contribution in [2.75, 3.05) is 11.9 Å². The number of benzene rings is 3. The first-order valence-corrected chi connectivity index (χ1v) is 14.8. The zero-order valence-corrected chi connectivity index (χ0v) is 25.2. The molecule has 0 spiro atoms. The minimum absolute atomic E-state index is 0.0103. The Bertz CT molecular complexity index is 1650. The molecule has 42 heavy (non-hydrogen) atoms. The molecule has 0 saturated carbocycles. The molecule has 0 bridgehead atoms. The number of nitrogens with one attached hydrogen (secondary N) is 2. The Labute approximate surface area is 254 Å². The summed E-state index contributed by atoms with van der Waals surface area (Å²) in [6.07, 6.45) is -1.59. The molecule has 1 atom stereocenters. The lowest BCUT2D eigenvalue weighted by atomic mass is 9.98. The molecule has 1 unspecified atom stereocenters. The van der Waals surface area contributed by atoms with Crippen LogP contribution in [-0.4, -0.2) is 41.5 Å². The van der Waals surface area contributed by atoms with Gasteiger partial charge < -0.3 is 20.5 Å². The van der Waals surface area contributed by atoms with Crippen LogP contribution in [0.1, 0.15) is 49.8 Å². The van der Waals surface area contributed by atoms with Gasteiger partial charge >= 0.3 is 12.1 Å². The number of amides is 2. The molecule has 0 aliphatic heterocycles. The van der Waals surface area contributed by atoms with Crippen molar-refractivity contribution in [3.63, 3.8) is 0 Å². The molecular formula is C32H27BrN2O6S. The molecule has 0 saturated heterocycles. The Morgan fingerprint density at radius 1 is 0.929 bits per heavy atom. The van der Waals surface area contributed by atoms with E-state index in [4.69, 9.17) is 4.74 Å². The van der Waals surface area contributed by atoms with E-state index in [0.717, 1.165) is 31.6 Å². The van der Waals surface area contributed by atoms with Gasteiger partial charge in [-0.05, 0) is 65.9 Å². The Morgan fingerprint density at radius 3 is 2.12 bits per heavy atom. The molecule has 4 aromatic rings. The average molecular weight is 648 g/mol. The SMILES string of the molecule is Cc1sc(NC(=O)C(CC(=O)O)NC(=O)OCC2c3ccccc3-c3ccccc32)c(C(=O)c2ccc(Br)cc2)c1C. The van der Waals surface area contributed by atoms with Gasteiger partial charge in [0.2, 0.25) is 5.91 Å². The smallest absolute Gasteiger partial charge is 0.407 e. The number of carboxylic acid groups (broad SMARTS) is 1. The number of fused-ring (bicyclic) bond motifs is 3. The van der Waals surface area contributed by atoms with E-state index in [9.17, 15) is 24.3 Å². The number of thiophene rings is 1. The van der Waals surface area contributed by atoms with Gasteiger partial charge in [-0.2, -0.15) is 0 Å². The Balaban J connectivity index is 1.30. The predicted octanol–water partition coefficient (Wildman–Crippen LogP) is 6.68. The largest absolute Gasteiger partial charge is 0.481 e. The normalized spacial score (nSPS) is 12.6. The number of carboxylic acids is 1. The zero-order valence-electron chi connectivity index (χ0n) is 22.8. The summed E-state index contributed by atoms with van der Waals surface area (Å²) in [7, 11) is 0. The third-order valence-corrected chi connectivity index (χ3v) is 8.94. The molecule has 0 radical (unpaired) electrons. The van der Waals surface area contributed by atoms with Crippen LogP contribution in [0, 0.1) is 13.8 Å². The molecule has 1 aromatic heterocycles. The fourth-order valence-electron chi connectivity index (χ4n) is 5.10. The molecule has 1 aliphatic carbocycles. The van der Waals surface area contributed by atoms with Crippen LogP contribution < -0.4 is 10.6 Å². The maximum Gasteiger partial charge on any atom is 0.407 e. The number of hydrogen-bond acceptors (Lipinski definition) is 6. The molecule has 3 aromatic carbocycles.